The monoisotopic (exact) mass is 439 g/mol. The number of benzene rings is 4. The third kappa shape index (κ3) is 4.82. The Labute approximate surface area is 191 Å². The summed E-state index contributed by atoms with van der Waals surface area (Å²) in [5.41, 5.74) is 0.604. The van der Waals surface area contributed by atoms with Gasteiger partial charge in [-0.1, -0.05) is 66.7 Å². The molecule has 0 aromatic heterocycles. The summed E-state index contributed by atoms with van der Waals surface area (Å²) >= 11 is 0. The van der Waals surface area contributed by atoms with Gasteiger partial charge in [0.05, 0.1) is 18.3 Å². The van der Waals surface area contributed by atoms with Gasteiger partial charge in [0.15, 0.2) is 6.29 Å². The number of para-hydroxylation sites is 1. The van der Waals surface area contributed by atoms with E-state index >= 15 is 0 Å². The summed E-state index contributed by atoms with van der Waals surface area (Å²) in [6, 6.07) is 40.3. The molecule has 0 N–H and O–H groups in total. The number of hydrogen-bond donors (Lipinski definition) is 0. The maximum absolute atomic E-state index is 11.2. The standard InChI is InChI=1S/C29H28O2P/c30-24-25-14-10-11-21-29(25)31-22-12-13-23-32(26-15-4-1-5-16-26,27-17-6-2-7-18-27)28-19-8-3-9-20-28/h1-11,14-21,24H,12-13,22-23H2/q+1. The average molecular weight is 440 g/mol. The summed E-state index contributed by atoms with van der Waals surface area (Å²) in [6.07, 6.45) is 3.90. The molecular weight excluding hydrogens is 411 g/mol. The minimum Gasteiger partial charge on any atom is -0.493 e. The highest BCUT2D eigenvalue weighted by Crippen LogP contribution is 2.55. The van der Waals surface area contributed by atoms with E-state index in [1.54, 1.807) is 6.07 Å². The molecule has 0 aliphatic rings. The largest absolute Gasteiger partial charge is 0.493 e. The highest BCUT2D eigenvalue weighted by molar-refractivity contribution is 7.95. The van der Waals surface area contributed by atoms with Crippen molar-refractivity contribution in [1.82, 2.24) is 0 Å². The van der Waals surface area contributed by atoms with E-state index in [0.717, 1.165) is 25.3 Å². The number of ether oxygens (including phenoxy) is 1. The molecule has 0 saturated carbocycles. The van der Waals surface area contributed by atoms with Crippen LogP contribution in [0.25, 0.3) is 0 Å². The number of rotatable bonds is 10. The number of carbonyl (C=O) groups is 1. The summed E-state index contributed by atoms with van der Waals surface area (Å²) in [5, 5.41) is 4.22. The third-order valence-corrected chi connectivity index (χ3v) is 10.3. The van der Waals surface area contributed by atoms with Crippen molar-refractivity contribution < 1.29 is 9.53 Å². The van der Waals surface area contributed by atoms with Gasteiger partial charge in [0.25, 0.3) is 0 Å². The molecule has 4 aromatic carbocycles. The molecule has 4 rings (SSSR count). The van der Waals surface area contributed by atoms with Crippen LogP contribution in [0.3, 0.4) is 0 Å². The van der Waals surface area contributed by atoms with Crippen molar-refractivity contribution in [3.05, 3.63) is 121 Å². The van der Waals surface area contributed by atoms with Crippen LogP contribution in [0.2, 0.25) is 0 Å². The Morgan fingerprint density at radius 2 is 1.06 bits per heavy atom. The van der Waals surface area contributed by atoms with E-state index in [4.69, 9.17) is 4.74 Å². The fourth-order valence-electron chi connectivity index (χ4n) is 4.22. The zero-order valence-electron chi connectivity index (χ0n) is 18.1. The highest BCUT2D eigenvalue weighted by Gasteiger charge is 2.44. The van der Waals surface area contributed by atoms with Gasteiger partial charge < -0.3 is 4.74 Å². The fraction of sp³-hybridized carbons (Fsp3) is 0.138. The van der Waals surface area contributed by atoms with E-state index in [0.29, 0.717) is 17.9 Å². The van der Waals surface area contributed by atoms with Crippen LogP contribution in [0.4, 0.5) is 0 Å². The second kappa shape index (κ2) is 10.9. The molecule has 0 aliphatic carbocycles. The van der Waals surface area contributed by atoms with Crippen molar-refractivity contribution in [2.24, 2.45) is 0 Å². The van der Waals surface area contributed by atoms with Crippen molar-refractivity contribution in [3.8, 4) is 5.75 Å². The third-order valence-electron chi connectivity index (χ3n) is 5.78. The van der Waals surface area contributed by atoms with Crippen molar-refractivity contribution in [2.75, 3.05) is 12.8 Å². The molecule has 0 heterocycles. The first-order chi connectivity index (χ1) is 15.8. The minimum absolute atomic E-state index is 0.600. The molecule has 0 bridgehead atoms. The van der Waals surface area contributed by atoms with Crippen LogP contribution >= 0.6 is 7.26 Å². The quantitative estimate of drug-likeness (QED) is 0.181. The van der Waals surface area contributed by atoms with Gasteiger partial charge in [-0.3, -0.25) is 4.79 Å². The number of carbonyl (C=O) groups excluding carboxylic acids is 1. The van der Waals surface area contributed by atoms with E-state index in [1.165, 1.54) is 15.9 Å². The molecule has 160 valence electrons. The van der Waals surface area contributed by atoms with Gasteiger partial charge in [-0.05, 0) is 61.4 Å². The summed E-state index contributed by atoms with van der Waals surface area (Å²) in [4.78, 5) is 11.2. The van der Waals surface area contributed by atoms with Gasteiger partial charge in [0, 0.05) is 0 Å². The van der Waals surface area contributed by atoms with Gasteiger partial charge in [-0.2, -0.15) is 0 Å². The Morgan fingerprint density at radius 3 is 1.56 bits per heavy atom. The smallest absolute Gasteiger partial charge is 0.153 e. The van der Waals surface area contributed by atoms with E-state index in [2.05, 4.69) is 91.0 Å². The molecule has 0 spiro atoms. The molecule has 32 heavy (non-hydrogen) atoms. The Hall–Kier alpha value is -3.22. The molecule has 0 radical (unpaired) electrons. The molecule has 0 atom stereocenters. The number of aldehydes is 1. The first kappa shape index (κ1) is 22.0. The van der Waals surface area contributed by atoms with Crippen LogP contribution in [0.1, 0.15) is 23.2 Å². The molecule has 0 fully saturated rings. The molecule has 0 saturated heterocycles. The first-order valence-corrected chi connectivity index (χ1v) is 13.0. The Kier molecular flexibility index (Phi) is 7.48. The zero-order valence-corrected chi connectivity index (χ0v) is 19.0. The molecule has 4 aromatic rings. The van der Waals surface area contributed by atoms with Gasteiger partial charge >= 0.3 is 0 Å². The van der Waals surface area contributed by atoms with E-state index in [1.807, 2.05) is 18.2 Å². The van der Waals surface area contributed by atoms with E-state index in [-0.39, 0.29) is 0 Å². The van der Waals surface area contributed by atoms with Crippen LogP contribution in [-0.4, -0.2) is 19.1 Å². The molecule has 0 unspecified atom stereocenters. The Morgan fingerprint density at radius 1 is 0.594 bits per heavy atom. The predicted molar refractivity (Wildman–Crippen MR) is 137 cm³/mol. The van der Waals surface area contributed by atoms with Crippen molar-refractivity contribution in [3.63, 3.8) is 0 Å². The summed E-state index contributed by atoms with van der Waals surface area (Å²) in [7, 11) is -1.79. The van der Waals surface area contributed by atoms with Crippen molar-refractivity contribution in [2.45, 2.75) is 12.8 Å². The Balaban J connectivity index is 1.59. The summed E-state index contributed by atoms with van der Waals surface area (Å²) in [5.74, 6) is 0.665. The van der Waals surface area contributed by atoms with Gasteiger partial charge in [-0.15, -0.1) is 0 Å². The second-order valence-electron chi connectivity index (χ2n) is 7.75. The Bertz CT molecular complexity index is 1010. The van der Waals surface area contributed by atoms with Crippen LogP contribution in [0.5, 0.6) is 5.75 Å². The van der Waals surface area contributed by atoms with E-state index in [9.17, 15) is 4.79 Å². The lowest BCUT2D eigenvalue weighted by molar-refractivity contribution is 0.111. The summed E-state index contributed by atoms with van der Waals surface area (Å²) in [6.45, 7) is 0.600. The number of unbranched alkanes of at least 4 members (excludes halogenated alkanes) is 1. The predicted octanol–water partition coefficient (Wildman–Crippen LogP) is 5.65. The molecule has 0 amide bonds. The lowest BCUT2D eigenvalue weighted by Crippen LogP contribution is -2.33. The molecule has 3 heteroatoms. The van der Waals surface area contributed by atoms with Crippen LogP contribution in [-0.2, 0) is 0 Å². The maximum atomic E-state index is 11.2. The van der Waals surface area contributed by atoms with Gasteiger partial charge in [0.1, 0.15) is 28.9 Å². The highest BCUT2D eigenvalue weighted by atomic mass is 31.2. The molecular formula is C29H28O2P+. The second-order valence-corrected chi connectivity index (χ2v) is 11.4. The van der Waals surface area contributed by atoms with Gasteiger partial charge in [0.2, 0.25) is 0 Å². The van der Waals surface area contributed by atoms with Crippen LogP contribution in [0, 0.1) is 0 Å². The maximum Gasteiger partial charge on any atom is 0.153 e. The lowest BCUT2D eigenvalue weighted by atomic mass is 10.2. The van der Waals surface area contributed by atoms with Crippen LogP contribution in [0.15, 0.2) is 115 Å². The SMILES string of the molecule is O=Cc1ccccc1OCCCC[P+](c1ccccc1)(c1ccccc1)c1ccccc1. The van der Waals surface area contributed by atoms with Crippen LogP contribution < -0.4 is 20.7 Å². The zero-order chi connectivity index (χ0) is 22.1. The normalized spacial score (nSPS) is 11.1. The molecule has 2 nitrogen and oxygen atoms in total. The number of hydrogen-bond acceptors (Lipinski definition) is 2. The topological polar surface area (TPSA) is 26.3 Å². The first-order valence-electron chi connectivity index (χ1n) is 11.1. The van der Waals surface area contributed by atoms with Crippen molar-refractivity contribution in [1.29, 1.82) is 0 Å². The minimum atomic E-state index is -1.79. The van der Waals surface area contributed by atoms with Gasteiger partial charge in [-0.25, -0.2) is 0 Å². The summed E-state index contributed by atoms with van der Waals surface area (Å²) < 4.78 is 5.94. The van der Waals surface area contributed by atoms with E-state index < -0.39 is 7.26 Å². The molecule has 0 aliphatic heterocycles. The fourth-order valence-corrected chi connectivity index (χ4v) is 8.63. The lowest BCUT2D eigenvalue weighted by Gasteiger charge is -2.27. The average Bonchev–Trinajstić information content (AvgIpc) is 2.88. The van der Waals surface area contributed by atoms with Crippen molar-refractivity contribution >= 4 is 29.5 Å².